The Hall–Kier alpha value is -3.08. The van der Waals surface area contributed by atoms with Crippen molar-refractivity contribution in [2.24, 2.45) is 0 Å². The van der Waals surface area contributed by atoms with Gasteiger partial charge in [0.25, 0.3) is 5.56 Å². The van der Waals surface area contributed by atoms with Crippen LogP contribution >= 0.6 is 0 Å². The van der Waals surface area contributed by atoms with Crippen molar-refractivity contribution in [3.8, 4) is 11.9 Å². The number of pyridine rings is 1. The third kappa shape index (κ3) is 4.21. The molecule has 0 amide bonds. The third-order valence-corrected chi connectivity index (χ3v) is 2.71. The molecule has 0 atom stereocenters. The van der Waals surface area contributed by atoms with Gasteiger partial charge in [0, 0.05) is 18.2 Å². The number of esters is 2. The van der Waals surface area contributed by atoms with Gasteiger partial charge < -0.3 is 14.6 Å². The molecule has 0 radical (unpaired) electrons. The van der Waals surface area contributed by atoms with Gasteiger partial charge in [0.1, 0.15) is 18.2 Å². The molecule has 1 aromatic heterocycles. The van der Waals surface area contributed by atoms with Crippen LogP contribution in [0.5, 0.6) is 5.88 Å². The summed E-state index contributed by atoms with van der Waals surface area (Å²) < 4.78 is 9.99. The highest BCUT2D eigenvalue weighted by molar-refractivity contribution is 5.91. The SMILES string of the molecule is COC(=O)/C=C/C(=O)OCCn1c(O)c(C#N)c(C)cc1=O. The highest BCUT2D eigenvalue weighted by Crippen LogP contribution is 2.16. The molecule has 8 heteroatoms. The molecule has 0 aromatic carbocycles. The fourth-order valence-corrected chi connectivity index (χ4v) is 1.60. The number of carbonyl (C=O) groups excluding carboxylic acids is 2. The quantitative estimate of drug-likeness (QED) is 0.601. The molecule has 1 heterocycles. The Morgan fingerprint density at radius 1 is 1.41 bits per heavy atom. The van der Waals surface area contributed by atoms with Gasteiger partial charge in [-0.3, -0.25) is 9.36 Å². The number of methoxy groups -OCH3 is 1. The molecule has 0 aliphatic carbocycles. The van der Waals surface area contributed by atoms with Crippen LogP contribution in [-0.4, -0.2) is 35.3 Å². The zero-order valence-corrected chi connectivity index (χ0v) is 12.0. The summed E-state index contributed by atoms with van der Waals surface area (Å²) in [7, 11) is 1.16. The predicted octanol–water partition coefficient (Wildman–Crippen LogP) is 0.00640. The van der Waals surface area contributed by atoms with Crippen LogP contribution in [0.2, 0.25) is 0 Å². The lowest BCUT2D eigenvalue weighted by atomic mass is 10.1. The smallest absolute Gasteiger partial charge is 0.331 e. The number of nitriles is 1. The highest BCUT2D eigenvalue weighted by atomic mass is 16.5. The van der Waals surface area contributed by atoms with E-state index in [1.54, 1.807) is 6.07 Å². The second kappa shape index (κ2) is 7.64. The van der Waals surface area contributed by atoms with E-state index in [-0.39, 0.29) is 18.7 Å². The van der Waals surface area contributed by atoms with Crippen LogP contribution in [0.3, 0.4) is 0 Å². The fourth-order valence-electron chi connectivity index (χ4n) is 1.60. The van der Waals surface area contributed by atoms with Crippen molar-refractivity contribution < 1.29 is 24.2 Å². The Kier molecular flexibility index (Phi) is 5.89. The summed E-state index contributed by atoms with van der Waals surface area (Å²) in [6.45, 7) is 1.19. The van der Waals surface area contributed by atoms with E-state index < -0.39 is 23.4 Å². The average molecular weight is 306 g/mol. The molecule has 0 saturated carbocycles. The van der Waals surface area contributed by atoms with E-state index in [0.717, 1.165) is 23.8 Å². The highest BCUT2D eigenvalue weighted by Gasteiger charge is 2.12. The maximum atomic E-state index is 11.7. The Morgan fingerprint density at radius 2 is 2.05 bits per heavy atom. The topological polar surface area (TPSA) is 119 Å². The van der Waals surface area contributed by atoms with Gasteiger partial charge >= 0.3 is 11.9 Å². The van der Waals surface area contributed by atoms with Crippen molar-refractivity contribution in [1.29, 1.82) is 5.26 Å². The van der Waals surface area contributed by atoms with Gasteiger partial charge in [0.15, 0.2) is 0 Å². The van der Waals surface area contributed by atoms with Gasteiger partial charge in [-0.05, 0) is 12.5 Å². The number of hydrogen-bond acceptors (Lipinski definition) is 7. The van der Waals surface area contributed by atoms with E-state index in [4.69, 9.17) is 10.00 Å². The number of ether oxygens (including phenoxy) is 2. The van der Waals surface area contributed by atoms with Crippen LogP contribution in [-0.2, 0) is 25.6 Å². The fraction of sp³-hybridized carbons (Fsp3) is 0.286. The Bertz CT molecular complexity index is 711. The van der Waals surface area contributed by atoms with Crippen LogP contribution in [0.4, 0.5) is 0 Å². The van der Waals surface area contributed by atoms with Crippen molar-refractivity contribution in [3.05, 3.63) is 39.7 Å². The molecule has 0 fully saturated rings. The predicted molar refractivity (Wildman–Crippen MR) is 73.9 cm³/mol. The first-order chi connectivity index (χ1) is 10.4. The molecule has 1 N–H and O–H groups in total. The van der Waals surface area contributed by atoms with Gasteiger partial charge in [0.05, 0.1) is 13.7 Å². The summed E-state index contributed by atoms with van der Waals surface area (Å²) in [5.74, 6) is -1.98. The number of hydrogen-bond donors (Lipinski definition) is 1. The molecule has 0 bridgehead atoms. The lowest BCUT2D eigenvalue weighted by Gasteiger charge is -2.10. The van der Waals surface area contributed by atoms with Crippen LogP contribution in [0, 0.1) is 18.3 Å². The van der Waals surface area contributed by atoms with Gasteiger partial charge in [-0.2, -0.15) is 5.26 Å². The largest absolute Gasteiger partial charge is 0.493 e. The molecule has 0 aliphatic heterocycles. The summed E-state index contributed by atoms with van der Waals surface area (Å²) in [4.78, 5) is 33.8. The first kappa shape index (κ1) is 17.0. The van der Waals surface area contributed by atoms with Gasteiger partial charge in [-0.1, -0.05) is 0 Å². The summed E-state index contributed by atoms with van der Waals surface area (Å²) in [6.07, 6.45) is 1.77. The average Bonchev–Trinajstić information content (AvgIpc) is 2.48. The number of aromatic hydroxyl groups is 1. The summed E-state index contributed by atoms with van der Waals surface area (Å²) in [5, 5.41) is 18.8. The minimum atomic E-state index is -0.800. The van der Waals surface area contributed by atoms with Crippen molar-refractivity contribution in [2.75, 3.05) is 13.7 Å². The molecule has 116 valence electrons. The van der Waals surface area contributed by atoms with Crippen LogP contribution in [0.25, 0.3) is 0 Å². The molecule has 22 heavy (non-hydrogen) atoms. The van der Waals surface area contributed by atoms with E-state index in [0.29, 0.717) is 5.56 Å². The maximum Gasteiger partial charge on any atom is 0.331 e. The van der Waals surface area contributed by atoms with E-state index in [9.17, 15) is 19.5 Å². The summed E-state index contributed by atoms with van der Waals surface area (Å²) in [6, 6.07) is 3.00. The molecule has 8 nitrogen and oxygen atoms in total. The number of aryl methyl sites for hydroxylation is 1. The van der Waals surface area contributed by atoms with Gasteiger partial charge in [-0.25, -0.2) is 9.59 Å². The van der Waals surface area contributed by atoms with E-state index >= 15 is 0 Å². The van der Waals surface area contributed by atoms with Crippen molar-refractivity contribution in [2.45, 2.75) is 13.5 Å². The summed E-state index contributed by atoms with van der Waals surface area (Å²) in [5.41, 5.74) is -0.175. The number of rotatable bonds is 5. The third-order valence-electron chi connectivity index (χ3n) is 2.71. The zero-order valence-electron chi connectivity index (χ0n) is 12.0. The molecular weight excluding hydrogens is 292 g/mol. The lowest BCUT2D eigenvalue weighted by molar-refractivity contribution is -0.139. The molecule has 1 aromatic rings. The first-order valence-corrected chi connectivity index (χ1v) is 6.17. The molecule has 0 unspecified atom stereocenters. The van der Waals surface area contributed by atoms with E-state index in [2.05, 4.69) is 4.74 Å². The minimum Gasteiger partial charge on any atom is -0.493 e. The van der Waals surface area contributed by atoms with Crippen LogP contribution < -0.4 is 5.56 Å². The Morgan fingerprint density at radius 3 is 2.64 bits per heavy atom. The summed E-state index contributed by atoms with van der Waals surface area (Å²) >= 11 is 0. The molecule has 0 aliphatic rings. The molecule has 0 saturated heterocycles. The van der Waals surface area contributed by atoms with Gasteiger partial charge in [-0.15, -0.1) is 0 Å². The normalized spacial score (nSPS) is 10.2. The molecule has 1 rings (SSSR count). The number of nitrogens with zero attached hydrogens (tertiary/aromatic N) is 2. The first-order valence-electron chi connectivity index (χ1n) is 6.17. The monoisotopic (exact) mass is 306 g/mol. The molecular formula is C14H14N2O6. The zero-order chi connectivity index (χ0) is 16.7. The van der Waals surface area contributed by atoms with Crippen LogP contribution in [0.15, 0.2) is 23.0 Å². The molecule has 0 spiro atoms. The lowest BCUT2D eigenvalue weighted by Crippen LogP contribution is -2.23. The second-order valence-corrected chi connectivity index (χ2v) is 4.15. The number of carbonyl (C=O) groups is 2. The van der Waals surface area contributed by atoms with Crippen LogP contribution in [0.1, 0.15) is 11.1 Å². The number of aromatic nitrogens is 1. The second-order valence-electron chi connectivity index (χ2n) is 4.15. The van der Waals surface area contributed by atoms with E-state index in [1.807, 2.05) is 0 Å². The van der Waals surface area contributed by atoms with Gasteiger partial charge in [0.2, 0.25) is 5.88 Å². The minimum absolute atomic E-state index is 0.0171. The Labute approximate surface area is 125 Å². The van der Waals surface area contributed by atoms with Crippen molar-refractivity contribution in [1.82, 2.24) is 4.57 Å². The standard InChI is InChI=1S/C14H14N2O6/c1-9-7-11(17)16(14(20)10(9)8-15)5-6-22-13(19)4-3-12(18)21-2/h3-4,7,20H,5-6H2,1-2H3/b4-3+. The van der Waals surface area contributed by atoms with Crippen molar-refractivity contribution in [3.63, 3.8) is 0 Å². The Balaban J connectivity index is 2.73. The van der Waals surface area contributed by atoms with Crippen molar-refractivity contribution >= 4 is 11.9 Å². The van der Waals surface area contributed by atoms with E-state index in [1.165, 1.54) is 13.0 Å². The maximum absolute atomic E-state index is 11.7.